The quantitative estimate of drug-likeness (QED) is 0.808. The second-order valence-electron chi connectivity index (χ2n) is 4.17. The molecule has 0 spiro atoms. The Hall–Kier alpha value is -1.37. The summed E-state index contributed by atoms with van der Waals surface area (Å²) in [7, 11) is 3.25. The molecule has 0 aliphatic carbocycles. The maximum Gasteiger partial charge on any atom is 0.0991 e. The maximum absolute atomic E-state index is 8.68. The van der Waals surface area contributed by atoms with Gasteiger partial charge in [-0.25, -0.2) is 0 Å². The predicted molar refractivity (Wildman–Crippen MR) is 68.9 cm³/mol. The lowest BCUT2D eigenvalue weighted by molar-refractivity contribution is 0.277. The van der Waals surface area contributed by atoms with Crippen molar-refractivity contribution in [2.24, 2.45) is 0 Å². The molecule has 0 saturated carbocycles. The molecule has 0 bridgehead atoms. The van der Waals surface area contributed by atoms with Gasteiger partial charge in [0.2, 0.25) is 0 Å². The lowest BCUT2D eigenvalue weighted by atomic mass is 9.90. The Morgan fingerprint density at radius 3 is 2.18 bits per heavy atom. The molecule has 0 aromatic heterocycles. The SMILES string of the molecule is COC.N#Cc1ccc(C2CCNCC2)cc1. The molecule has 3 heteroatoms. The highest BCUT2D eigenvalue weighted by Crippen LogP contribution is 2.24. The van der Waals surface area contributed by atoms with Gasteiger partial charge in [-0.1, -0.05) is 12.1 Å². The summed E-state index contributed by atoms with van der Waals surface area (Å²) in [5.74, 6) is 0.684. The molecule has 1 aromatic carbocycles. The van der Waals surface area contributed by atoms with Crippen molar-refractivity contribution in [3.05, 3.63) is 35.4 Å². The molecule has 1 heterocycles. The van der Waals surface area contributed by atoms with Gasteiger partial charge < -0.3 is 10.1 Å². The third kappa shape index (κ3) is 4.56. The molecular formula is C14H20N2O. The highest BCUT2D eigenvalue weighted by molar-refractivity contribution is 5.33. The van der Waals surface area contributed by atoms with Crippen molar-refractivity contribution in [1.82, 2.24) is 5.32 Å². The van der Waals surface area contributed by atoms with E-state index < -0.39 is 0 Å². The first-order valence-electron chi connectivity index (χ1n) is 5.92. The Balaban J connectivity index is 0.000000437. The molecule has 3 nitrogen and oxygen atoms in total. The van der Waals surface area contributed by atoms with Gasteiger partial charge in [0.15, 0.2) is 0 Å². The van der Waals surface area contributed by atoms with Gasteiger partial charge in [-0.15, -0.1) is 0 Å². The minimum absolute atomic E-state index is 0.684. The number of nitrogens with one attached hydrogen (secondary N) is 1. The zero-order valence-electron chi connectivity index (χ0n) is 10.6. The molecule has 0 atom stereocenters. The van der Waals surface area contributed by atoms with Crippen LogP contribution in [0.2, 0.25) is 0 Å². The smallest absolute Gasteiger partial charge is 0.0991 e. The van der Waals surface area contributed by atoms with Crippen LogP contribution in [-0.4, -0.2) is 27.3 Å². The third-order valence-electron chi connectivity index (χ3n) is 2.85. The lowest BCUT2D eigenvalue weighted by Crippen LogP contribution is -2.26. The zero-order chi connectivity index (χ0) is 12.5. The van der Waals surface area contributed by atoms with Crippen LogP contribution in [0.25, 0.3) is 0 Å². The fraction of sp³-hybridized carbons (Fsp3) is 0.500. The van der Waals surface area contributed by atoms with Crippen LogP contribution in [0.4, 0.5) is 0 Å². The normalized spacial score (nSPS) is 15.6. The van der Waals surface area contributed by atoms with E-state index in [1.807, 2.05) is 12.1 Å². The fourth-order valence-corrected chi connectivity index (χ4v) is 1.99. The van der Waals surface area contributed by atoms with E-state index in [0.29, 0.717) is 5.92 Å². The number of nitrogens with zero attached hydrogens (tertiary/aromatic N) is 1. The first kappa shape index (κ1) is 13.7. The van der Waals surface area contributed by atoms with Gasteiger partial charge in [0.25, 0.3) is 0 Å². The number of nitriles is 1. The monoisotopic (exact) mass is 232 g/mol. The van der Waals surface area contributed by atoms with E-state index >= 15 is 0 Å². The van der Waals surface area contributed by atoms with Crippen molar-refractivity contribution in [2.75, 3.05) is 27.3 Å². The third-order valence-corrected chi connectivity index (χ3v) is 2.85. The Labute approximate surface area is 103 Å². The molecule has 1 aliphatic heterocycles. The van der Waals surface area contributed by atoms with Gasteiger partial charge in [0.05, 0.1) is 11.6 Å². The Kier molecular flexibility index (Phi) is 6.31. The van der Waals surface area contributed by atoms with E-state index in [1.54, 1.807) is 14.2 Å². The Bertz CT molecular complexity index is 347. The average molecular weight is 232 g/mol. The number of ether oxygens (including phenoxy) is 1. The van der Waals surface area contributed by atoms with Crippen molar-refractivity contribution in [2.45, 2.75) is 18.8 Å². The minimum atomic E-state index is 0.684. The summed E-state index contributed by atoms with van der Waals surface area (Å²) >= 11 is 0. The summed E-state index contributed by atoms with van der Waals surface area (Å²) in [6.07, 6.45) is 2.43. The van der Waals surface area contributed by atoms with Crippen LogP contribution in [0.5, 0.6) is 0 Å². The van der Waals surface area contributed by atoms with E-state index in [0.717, 1.165) is 18.7 Å². The maximum atomic E-state index is 8.68. The van der Waals surface area contributed by atoms with E-state index in [-0.39, 0.29) is 0 Å². The standard InChI is InChI=1S/C12H14N2.C2H6O/c13-9-10-1-3-11(4-2-10)12-5-7-14-8-6-12;1-3-2/h1-4,12,14H,5-8H2;1-2H3. The van der Waals surface area contributed by atoms with Gasteiger partial charge >= 0.3 is 0 Å². The lowest BCUT2D eigenvalue weighted by Gasteiger charge is -2.22. The average Bonchev–Trinajstić information content (AvgIpc) is 2.41. The number of piperidine rings is 1. The summed E-state index contributed by atoms with van der Waals surface area (Å²) in [5, 5.41) is 12.0. The van der Waals surface area contributed by atoms with Crippen LogP contribution in [0.15, 0.2) is 24.3 Å². The van der Waals surface area contributed by atoms with Crippen molar-refractivity contribution >= 4 is 0 Å². The number of hydrogen-bond donors (Lipinski definition) is 1. The molecule has 2 rings (SSSR count). The number of methoxy groups -OCH3 is 1. The van der Waals surface area contributed by atoms with Crippen LogP contribution in [0.3, 0.4) is 0 Å². The molecule has 1 N–H and O–H groups in total. The van der Waals surface area contributed by atoms with Crippen LogP contribution >= 0.6 is 0 Å². The van der Waals surface area contributed by atoms with Crippen molar-refractivity contribution < 1.29 is 4.74 Å². The molecule has 1 aromatic rings. The largest absolute Gasteiger partial charge is 0.388 e. The van der Waals surface area contributed by atoms with E-state index in [9.17, 15) is 0 Å². The molecule has 0 amide bonds. The second-order valence-corrected chi connectivity index (χ2v) is 4.17. The molecule has 17 heavy (non-hydrogen) atoms. The molecule has 0 unspecified atom stereocenters. The van der Waals surface area contributed by atoms with Gasteiger partial charge in [0, 0.05) is 14.2 Å². The van der Waals surface area contributed by atoms with Crippen molar-refractivity contribution in [1.29, 1.82) is 5.26 Å². The molecule has 1 aliphatic rings. The van der Waals surface area contributed by atoms with E-state index in [1.165, 1.54) is 18.4 Å². The molecule has 0 radical (unpaired) electrons. The highest BCUT2D eigenvalue weighted by Gasteiger charge is 2.14. The summed E-state index contributed by atoms with van der Waals surface area (Å²) in [5.41, 5.74) is 2.13. The van der Waals surface area contributed by atoms with Crippen molar-refractivity contribution in [3.8, 4) is 6.07 Å². The first-order chi connectivity index (χ1) is 8.31. The summed E-state index contributed by atoms with van der Waals surface area (Å²) in [6.45, 7) is 2.23. The Morgan fingerprint density at radius 1 is 1.18 bits per heavy atom. The fourth-order valence-electron chi connectivity index (χ4n) is 1.99. The van der Waals surface area contributed by atoms with Crippen molar-refractivity contribution in [3.63, 3.8) is 0 Å². The topological polar surface area (TPSA) is 45.0 Å². The van der Waals surface area contributed by atoms with Crippen LogP contribution < -0.4 is 5.32 Å². The summed E-state index contributed by atoms with van der Waals surface area (Å²) < 4.78 is 4.25. The zero-order valence-corrected chi connectivity index (χ0v) is 10.6. The summed E-state index contributed by atoms with van der Waals surface area (Å²) in [4.78, 5) is 0. The minimum Gasteiger partial charge on any atom is -0.388 e. The first-order valence-corrected chi connectivity index (χ1v) is 5.92. The van der Waals surface area contributed by atoms with Crippen LogP contribution in [0.1, 0.15) is 29.9 Å². The van der Waals surface area contributed by atoms with Gasteiger partial charge in [-0.3, -0.25) is 0 Å². The van der Waals surface area contributed by atoms with Gasteiger partial charge in [0.1, 0.15) is 0 Å². The van der Waals surface area contributed by atoms with Crippen LogP contribution in [-0.2, 0) is 4.74 Å². The van der Waals surface area contributed by atoms with E-state index in [4.69, 9.17) is 5.26 Å². The number of hydrogen-bond acceptors (Lipinski definition) is 3. The highest BCUT2D eigenvalue weighted by atomic mass is 16.4. The molecule has 1 fully saturated rings. The molecular weight excluding hydrogens is 212 g/mol. The second kappa shape index (κ2) is 7.83. The Morgan fingerprint density at radius 2 is 1.71 bits per heavy atom. The predicted octanol–water partition coefficient (Wildman–Crippen LogP) is 2.29. The number of benzene rings is 1. The number of rotatable bonds is 1. The molecule has 1 saturated heterocycles. The van der Waals surface area contributed by atoms with Gasteiger partial charge in [-0.2, -0.15) is 5.26 Å². The van der Waals surface area contributed by atoms with E-state index in [2.05, 4.69) is 28.3 Å². The van der Waals surface area contributed by atoms with Crippen LogP contribution in [0, 0.1) is 11.3 Å². The molecule has 92 valence electrons. The van der Waals surface area contributed by atoms with Gasteiger partial charge in [-0.05, 0) is 49.5 Å². The summed E-state index contributed by atoms with van der Waals surface area (Å²) in [6, 6.07) is 10.2.